The van der Waals surface area contributed by atoms with Crippen molar-refractivity contribution < 1.29 is 13.6 Å². The first-order valence-corrected chi connectivity index (χ1v) is 8.47. The van der Waals surface area contributed by atoms with Gasteiger partial charge in [0.05, 0.1) is 12.2 Å². The van der Waals surface area contributed by atoms with Crippen molar-refractivity contribution in [1.82, 2.24) is 4.90 Å². The molecule has 0 N–H and O–H groups in total. The van der Waals surface area contributed by atoms with Crippen molar-refractivity contribution in [2.75, 3.05) is 25.0 Å². The SMILES string of the molecule is Cc1cc(F)c2c(c1)CCCN2CC(=O)N(C)Cc1ccccc1F. The Balaban J connectivity index is 1.73. The zero-order valence-corrected chi connectivity index (χ0v) is 14.6. The maximum absolute atomic E-state index is 14.4. The van der Waals surface area contributed by atoms with Crippen LogP contribution in [0.5, 0.6) is 0 Å². The van der Waals surface area contributed by atoms with E-state index in [0.29, 0.717) is 17.8 Å². The summed E-state index contributed by atoms with van der Waals surface area (Å²) in [6, 6.07) is 9.90. The third-order valence-electron chi connectivity index (χ3n) is 4.59. The maximum atomic E-state index is 14.4. The molecule has 1 amide bonds. The summed E-state index contributed by atoms with van der Waals surface area (Å²) in [6.07, 6.45) is 1.71. The lowest BCUT2D eigenvalue weighted by Gasteiger charge is -2.32. The lowest BCUT2D eigenvalue weighted by atomic mass is 9.99. The van der Waals surface area contributed by atoms with E-state index in [1.165, 1.54) is 17.0 Å². The van der Waals surface area contributed by atoms with Crippen molar-refractivity contribution in [1.29, 1.82) is 0 Å². The van der Waals surface area contributed by atoms with Crippen molar-refractivity contribution in [2.24, 2.45) is 0 Å². The standard InChI is InChI=1S/C20H22F2N2O/c1-14-10-15-7-5-9-24(20(15)18(22)11-14)13-19(25)23(2)12-16-6-3-4-8-17(16)21/h3-4,6,8,10-11H,5,7,9,12-13H2,1-2H3. The number of nitrogens with zero attached hydrogens (tertiary/aromatic N) is 2. The van der Waals surface area contributed by atoms with E-state index in [4.69, 9.17) is 0 Å². The minimum Gasteiger partial charge on any atom is -0.360 e. The average Bonchev–Trinajstić information content (AvgIpc) is 2.56. The second-order valence-electron chi connectivity index (χ2n) is 6.62. The molecule has 3 rings (SSSR count). The zero-order chi connectivity index (χ0) is 18.0. The minimum absolute atomic E-state index is 0.0952. The second kappa shape index (κ2) is 7.21. The molecular formula is C20H22F2N2O. The predicted molar refractivity (Wildman–Crippen MR) is 94.5 cm³/mol. The van der Waals surface area contributed by atoms with Crippen LogP contribution >= 0.6 is 0 Å². The number of carbonyl (C=O) groups excluding carboxylic acids is 1. The number of anilines is 1. The van der Waals surface area contributed by atoms with Gasteiger partial charge in [-0.15, -0.1) is 0 Å². The first-order chi connectivity index (χ1) is 12.0. The van der Waals surface area contributed by atoms with Gasteiger partial charge in [0.25, 0.3) is 0 Å². The van der Waals surface area contributed by atoms with Crippen LogP contribution in [-0.2, 0) is 17.8 Å². The fourth-order valence-corrected chi connectivity index (χ4v) is 3.34. The summed E-state index contributed by atoms with van der Waals surface area (Å²) in [5.41, 5.74) is 2.85. The van der Waals surface area contributed by atoms with Crippen LogP contribution in [0.3, 0.4) is 0 Å². The number of benzene rings is 2. The molecule has 5 heteroatoms. The highest BCUT2D eigenvalue weighted by molar-refractivity contribution is 5.82. The number of aryl methyl sites for hydroxylation is 2. The molecule has 0 spiro atoms. The van der Waals surface area contributed by atoms with Gasteiger partial charge in [-0.1, -0.05) is 24.3 Å². The monoisotopic (exact) mass is 344 g/mol. The first-order valence-electron chi connectivity index (χ1n) is 8.47. The Hall–Kier alpha value is -2.43. The van der Waals surface area contributed by atoms with Crippen LogP contribution in [0.1, 0.15) is 23.1 Å². The summed E-state index contributed by atoms with van der Waals surface area (Å²) in [5, 5.41) is 0. The largest absolute Gasteiger partial charge is 0.360 e. The van der Waals surface area contributed by atoms with Crippen LogP contribution < -0.4 is 4.90 Å². The average molecular weight is 344 g/mol. The van der Waals surface area contributed by atoms with E-state index in [1.54, 1.807) is 30.1 Å². The van der Waals surface area contributed by atoms with Gasteiger partial charge in [-0.3, -0.25) is 4.79 Å². The van der Waals surface area contributed by atoms with Gasteiger partial charge >= 0.3 is 0 Å². The van der Waals surface area contributed by atoms with Crippen molar-refractivity contribution in [3.63, 3.8) is 0 Å². The summed E-state index contributed by atoms with van der Waals surface area (Å²) in [7, 11) is 1.64. The van der Waals surface area contributed by atoms with Crippen molar-refractivity contribution in [3.8, 4) is 0 Å². The van der Waals surface area contributed by atoms with E-state index >= 15 is 0 Å². The molecule has 0 saturated heterocycles. The second-order valence-corrected chi connectivity index (χ2v) is 6.62. The number of rotatable bonds is 4. The van der Waals surface area contributed by atoms with Gasteiger partial charge in [0.1, 0.15) is 11.6 Å². The molecule has 1 aliphatic rings. The quantitative estimate of drug-likeness (QED) is 0.845. The minimum atomic E-state index is -0.327. The Morgan fingerprint density at radius 3 is 2.72 bits per heavy atom. The molecule has 2 aromatic carbocycles. The Bertz CT molecular complexity index is 791. The molecule has 1 aliphatic heterocycles. The van der Waals surface area contributed by atoms with Crippen molar-refractivity contribution in [2.45, 2.75) is 26.3 Å². The highest BCUT2D eigenvalue weighted by atomic mass is 19.1. The van der Waals surface area contributed by atoms with E-state index in [-0.39, 0.29) is 30.6 Å². The lowest BCUT2D eigenvalue weighted by molar-refractivity contribution is -0.129. The third kappa shape index (κ3) is 3.81. The molecule has 0 fully saturated rings. The van der Waals surface area contributed by atoms with E-state index in [9.17, 15) is 13.6 Å². The third-order valence-corrected chi connectivity index (χ3v) is 4.59. The highest BCUT2D eigenvalue weighted by Crippen LogP contribution is 2.31. The fraction of sp³-hybridized carbons (Fsp3) is 0.350. The van der Waals surface area contributed by atoms with Gasteiger partial charge < -0.3 is 9.80 Å². The van der Waals surface area contributed by atoms with Crippen LogP contribution in [0.2, 0.25) is 0 Å². The Morgan fingerprint density at radius 1 is 1.20 bits per heavy atom. The Labute approximate surface area is 146 Å². The molecule has 0 unspecified atom stereocenters. The number of amides is 1. The molecule has 132 valence electrons. The summed E-state index contributed by atoms with van der Waals surface area (Å²) >= 11 is 0. The molecular weight excluding hydrogens is 322 g/mol. The van der Waals surface area contributed by atoms with Gasteiger partial charge in [0.15, 0.2) is 0 Å². The fourth-order valence-electron chi connectivity index (χ4n) is 3.34. The Kier molecular flexibility index (Phi) is 5.02. The van der Waals surface area contributed by atoms with E-state index in [0.717, 1.165) is 24.0 Å². The van der Waals surface area contributed by atoms with E-state index in [1.807, 2.05) is 13.0 Å². The summed E-state index contributed by atoms with van der Waals surface area (Å²) in [6.45, 7) is 2.81. The summed E-state index contributed by atoms with van der Waals surface area (Å²) in [4.78, 5) is 15.8. The van der Waals surface area contributed by atoms with Gasteiger partial charge in [-0.2, -0.15) is 0 Å². The normalized spacial score (nSPS) is 13.5. The molecule has 0 aromatic heterocycles. The van der Waals surface area contributed by atoms with Gasteiger partial charge in [-0.05, 0) is 43.0 Å². The molecule has 0 atom stereocenters. The summed E-state index contributed by atoms with van der Waals surface area (Å²) in [5.74, 6) is -0.762. The predicted octanol–water partition coefficient (Wildman–Crippen LogP) is 3.68. The molecule has 0 radical (unpaired) electrons. The number of fused-ring (bicyclic) bond motifs is 1. The molecule has 2 aromatic rings. The van der Waals surface area contributed by atoms with Crippen LogP contribution in [-0.4, -0.2) is 30.9 Å². The molecule has 0 saturated carbocycles. The molecule has 1 heterocycles. The van der Waals surface area contributed by atoms with Crippen molar-refractivity contribution in [3.05, 3.63) is 64.7 Å². The number of halogens is 2. The van der Waals surface area contributed by atoms with Crippen molar-refractivity contribution >= 4 is 11.6 Å². The van der Waals surface area contributed by atoms with E-state index < -0.39 is 0 Å². The van der Waals surface area contributed by atoms with Crippen LogP contribution in [0, 0.1) is 18.6 Å². The smallest absolute Gasteiger partial charge is 0.242 e. The van der Waals surface area contributed by atoms with Crippen LogP contribution in [0.25, 0.3) is 0 Å². The number of hydrogen-bond acceptors (Lipinski definition) is 2. The van der Waals surface area contributed by atoms with E-state index in [2.05, 4.69) is 0 Å². The molecule has 3 nitrogen and oxygen atoms in total. The lowest BCUT2D eigenvalue weighted by Crippen LogP contribution is -2.41. The summed E-state index contributed by atoms with van der Waals surface area (Å²) < 4.78 is 28.2. The Morgan fingerprint density at radius 2 is 1.96 bits per heavy atom. The van der Waals surface area contributed by atoms with Gasteiger partial charge in [0, 0.05) is 25.7 Å². The maximum Gasteiger partial charge on any atom is 0.242 e. The zero-order valence-electron chi connectivity index (χ0n) is 14.6. The number of likely N-dealkylation sites (N-methyl/N-ethyl adjacent to an activating group) is 1. The first kappa shape index (κ1) is 17.4. The molecule has 25 heavy (non-hydrogen) atoms. The highest BCUT2D eigenvalue weighted by Gasteiger charge is 2.24. The van der Waals surface area contributed by atoms with Gasteiger partial charge in [0.2, 0.25) is 5.91 Å². The molecule has 0 bridgehead atoms. The number of hydrogen-bond donors (Lipinski definition) is 0. The van der Waals surface area contributed by atoms with Gasteiger partial charge in [-0.25, -0.2) is 8.78 Å². The molecule has 0 aliphatic carbocycles. The topological polar surface area (TPSA) is 23.6 Å². The number of carbonyl (C=O) groups is 1. The van der Waals surface area contributed by atoms with Crippen LogP contribution in [0.15, 0.2) is 36.4 Å². The van der Waals surface area contributed by atoms with Crippen LogP contribution in [0.4, 0.5) is 14.5 Å².